The highest BCUT2D eigenvalue weighted by atomic mass is 32.2. The van der Waals surface area contributed by atoms with Crippen LogP contribution < -0.4 is 9.46 Å². The first-order valence-electron chi connectivity index (χ1n) is 10.2. The SMILES string of the molecule is COc1ccccc1CN(C)C(=O)c1ccc(C)c(S(=O)(=O)Nc2cc(C)ccc2C)c1. The second kappa shape index (κ2) is 9.44. The molecule has 168 valence electrons. The molecule has 0 aliphatic rings. The molecule has 3 rings (SSSR count). The van der Waals surface area contributed by atoms with Crippen LogP contribution in [0.15, 0.2) is 65.6 Å². The molecule has 0 aliphatic carbocycles. The molecule has 7 heteroatoms. The van der Waals surface area contributed by atoms with Crippen molar-refractivity contribution < 1.29 is 17.9 Å². The number of methoxy groups -OCH3 is 1. The smallest absolute Gasteiger partial charge is 0.262 e. The van der Waals surface area contributed by atoms with Gasteiger partial charge in [-0.25, -0.2) is 8.42 Å². The maximum atomic E-state index is 13.2. The molecule has 0 aliphatic heterocycles. The molecular weight excluding hydrogens is 424 g/mol. The Morgan fingerprint density at radius 3 is 2.38 bits per heavy atom. The lowest BCUT2D eigenvalue weighted by Crippen LogP contribution is -2.27. The van der Waals surface area contributed by atoms with Crippen LogP contribution in [0.3, 0.4) is 0 Å². The number of nitrogens with zero attached hydrogens (tertiary/aromatic N) is 1. The van der Waals surface area contributed by atoms with Gasteiger partial charge in [0.05, 0.1) is 17.7 Å². The molecule has 32 heavy (non-hydrogen) atoms. The molecular formula is C25H28N2O4S. The lowest BCUT2D eigenvalue weighted by Gasteiger charge is -2.20. The van der Waals surface area contributed by atoms with Crippen molar-refractivity contribution in [2.75, 3.05) is 18.9 Å². The highest BCUT2D eigenvalue weighted by molar-refractivity contribution is 7.92. The van der Waals surface area contributed by atoms with E-state index in [-0.39, 0.29) is 10.8 Å². The van der Waals surface area contributed by atoms with Crippen LogP contribution in [0.2, 0.25) is 0 Å². The molecule has 0 radical (unpaired) electrons. The highest BCUT2D eigenvalue weighted by Gasteiger charge is 2.22. The van der Waals surface area contributed by atoms with E-state index in [1.807, 2.05) is 50.2 Å². The number of rotatable bonds is 7. The van der Waals surface area contributed by atoms with Gasteiger partial charge in [-0.15, -0.1) is 0 Å². The summed E-state index contributed by atoms with van der Waals surface area (Å²) < 4.78 is 34.3. The van der Waals surface area contributed by atoms with Crippen molar-refractivity contribution in [3.05, 3.63) is 88.5 Å². The van der Waals surface area contributed by atoms with Crippen LogP contribution in [-0.2, 0) is 16.6 Å². The van der Waals surface area contributed by atoms with Gasteiger partial charge >= 0.3 is 0 Å². The minimum absolute atomic E-state index is 0.0787. The molecule has 1 amide bonds. The predicted octanol–water partition coefficient (Wildman–Crippen LogP) is 4.69. The molecule has 0 heterocycles. The quantitative estimate of drug-likeness (QED) is 0.564. The van der Waals surface area contributed by atoms with Gasteiger partial charge in [0.25, 0.3) is 15.9 Å². The van der Waals surface area contributed by atoms with E-state index in [4.69, 9.17) is 4.74 Å². The Balaban J connectivity index is 1.88. The van der Waals surface area contributed by atoms with Gasteiger partial charge < -0.3 is 9.64 Å². The number of aryl methyl sites for hydroxylation is 3. The highest BCUT2D eigenvalue weighted by Crippen LogP contribution is 2.25. The van der Waals surface area contributed by atoms with Gasteiger partial charge in [0, 0.05) is 24.7 Å². The molecule has 0 saturated carbocycles. The summed E-state index contributed by atoms with van der Waals surface area (Å²) in [6.07, 6.45) is 0. The van der Waals surface area contributed by atoms with Crippen molar-refractivity contribution in [2.24, 2.45) is 0 Å². The maximum Gasteiger partial charge on any atom is 0.262 e. The number of sulfonamides is 1. The van der Waals surface area contributed by atoms with Crippen molar-refractivity contribution >= 4 is 21.6 Å². The summed E-state index contributed by atoms with van der Waals surface area (Å²) >= 11 is 0. The summed E-state index contributed by atoms with van der Waals surface area (Å²) in [5.41, 5.74) is 4.02. The van der Waals surface area contributed by atoms with E-state index < -0.39 is 10.0 Å². The number of hydrogen-bond acceptors (Lipinski definition) is 4. The fourth-order valence-electron chi connectivity index (χ4n) is 3.45. The molecule has 0 bridgehead atoms. The van der Waals surface area contributed by atoms with Gasteiger partial charge in [-0.2, -0.15) is 0 Å². The third-order valence-corrected chi connectivity index (χ3v) is 6.82. The van der Waals surface area contributed by atoms with Crippen LogP contribution in [0, 0.1) is 20.8 Å². The van der Waals surface area contributed by atoms with Crippen LogP contribution >= 0.6 is 0 Å². The van der Waals surface area contributed by atoms with Crippen molar-refractivity contribution in [3.63, 3.8) is 0 Å². The van der Waals surface area contributed by atoms with Crippen LogP contribution in [-0.4, -0.2) is 33.4 Å². The Bertz CT molecular complexity index is 1250. The number of amides is 1. The van der Waals surface area contributed by atoms with Gasteiger partial charge in [-0.1, -0.05) is 36.4 Å². The lowest BCUT2D eigenvalue weighted by molar-refractivity contribution is 0.0784. The number of benzene rings is 3. The van der Waals surface area contributed by atoms with Crippen molar-refractivity contribution in [1.82, 2.24) is 4.90 Å². The van der Waals surface area contributed by atoms with E-state index in [0.717, 1.165) is 16.7 Å². The van der Waals surface area contributed by atoms with Gasteiger partial charge in [0.2, 0.25) is 0 Å². The molecule has 0 atom stereocenters. The van der Waals surface area contributed by atoms with E-state index in [1.54, 1.807) is 39.3 Å². The summed E-state index contributed by atoms with van der Waals surface area (Å²) in [6.45, 7) is 5.79. The largest absolute Gasteiger partial charge is 0.496 e. The molecule has 6 nitrogen and oxygen atoms in total. The first kappa shape index (κ1) is 23.3. The van der Waals surface area contributed by atoms with E-state index in [0.29, 0.717) is 29.1 Å². The summed E-state index contributed by atoms with van der Waals surface area (Å²) in [7, 11) is -0.614. The number of anilines is 1. The maximum absolute atomic E-state index is 13.2. The molecule has 0 fully saturated rings. The van der Waals surface area contributed by atoms with Gasteiger partial charge in [0.1, 0.15) is 5.75 Å². The Morgan fingerprint density at radius 2 is 1.66 bits per heavy atom. The molecule has 3 aromatic rings. The summed E-state index contributed by atoms with van der Waals surface area (Å²) in [4.78, 5) is 14.7. The summed E-state index contributed by atoms with van der Waals surface area (Å²) in [5.74, 6) is 0.413. The standard InChI is InChI=1S/C25H28N2O4S/c1-17-10-11-18(2)22(14-17)26-32(29,30)24-15-20(13-12-19(24)3)25(28)27(4)16-21-8-6-7-9-23(21)31-5/h6-15,26H,16H2,1-5H3. The normalized spacial score (nSPS) is 11.2. The third kappa shape index (κ3) is 5.11. The van der Waals surface area contributed by atoms with Crippen LogP contribution in [0.25, 0.3) is 0 Å². The van der Waals surface area contributed by atoms with Crippen LogP contribution in [0.1, 0.15) is 32.6 Å². The van der Waals surface area contributed by atoms with Gasteiger partial charge in [0.15, 0.2) is 0 Å². The Labute approximate surface area is 189 Å². The summed E-state index contributed by atoms with van der Waals surface area (Å²) in [6, 6.07) is 17.8. The molecule has 1 N–H and O–H groups in total. The van der Waals surface area contributed by atoms with E-state index in [9.17, 15) is 13.2 Å². The Hall–Kier alpha value is -3.32. The van der Waals surface area contributed by atoms with Crippen molar-refractivity contribution in [1.29, 1.82) is 0 Å². The second-order valence-corrected chi connectivity index (χ2v) is 9.53. The molecule has 0 unspecified atom stereocenters. The van der Waals surface area contributed by atoms with Crippen LogP contribution in [0.5, 0.6) is 5.75 Å². The Morgan fingerprint density at radius 1 is 0.969 bits per heavy atom. The average molecular weight is 453 g/mol. The first-order valence-corrected chi connectivity index (χ1v) is 11.7. The van der Waals surface area contributed by atoms with E-state index in [1.165, 1.54) is 11.0 Å². The predicted molar refractivity (Wildman–Crippen MR) is 127 cm³/mol. The van der Waals surface area contributed by atoms with Crippen LogP contribution in [0.4, 0.5) is 5.69 Å². The average Bonchev–Trinajstić information content (AvgIpc) is 2.76. The number of ether oxygens (including phenoxy) is 1. The molecule has 0 saturated heterocycles. The number of nitrogens with one attached hydrogen (secondary N) is 1. The van der Waals surface area contributed by atoms with Gasteiger partial charge in [-0.05, 0) is 61.7 Å². The molecule has 0 spiro atoms. The number of carbonyl (C=O) groups is 1. The summed E-state index contributed by atoms with van der Waals surface area (Å²) in [5, 5.41) is 0. The first-order chi connectivity index (χ1) is 15.1. The third-order valence-electron chi connectivity index (χ3n) is 5.31. The number of carbonyl (C=O) groups excluding carboxylic acids is 1. The molecule has 3 aromatic carbocycles. The zero-order valence-electron chi connectivity index (χ0n) is 19.0. The minimum Gasteiger partial charge on any atom is -0.496 e. The fourth-order valence-corrected chi connectivity index (χ4v) is 4.84. The number of para-hydroxylation sites is 1. The molecule has 0 aromatic heterocycles. The van der Waals surface area contributed by atoms with Crippen molar-refractivity contribution in [3.8, 4) is 5.75 Å². The lowest BCUT2D eigenvalue weighted by atomic mass is 10.1. The topological polar surface area (TPSA) is 75.7 Å². The van der Waals surface area contributed by atoms with E-state index in [2.05, 4.69) is 4.72 Å². The van der Waals surface area contributed by atoms with Crippen molar-refractivity contribution in [2.45, 2.75) is 32.2 Å². The van der Waals surface area contributed by atoms with Gasteiger partial charge in [-0.3, -0.25) is 9.52 Å². The Kier molecular flexibility index (Phi) is 6.89. The monoisotopic (exact) mass is 452 g/mol. The minimum atomic E-state index is -3.88. The fraction of sp³-hybridized carbons (Fsp3) is 0.240. The second-order valence-electron chi connectivity index (χ2n) is 7.88. The number of hydrogen-bond donors (Lipinski definition) is 1. The zero-order valence-corrected chi connectivity index (χ0v) is 19.8. The zero-order chi connectivity index (χ0) is 23.5. The van der Waals surface area contributed by atoms with E-state index >= 15 is 0 Å².